The number of amides is 4. The molecule has 6 N–H and O–H groups in total. The molecule has 0 radical (unpaired) electrons. The molecule has 42 heavy (non-hydrogen) atoms. The number of halogens is 1. The van der Waals surface area contributed by atoms with Gasteiger partial charge in [-0.25, -0.2) is 4.39 Å². The number of nitrogens with two attached hydrogens (primary N) is 1. The summed E-state index contributed by atoms with van der Waals surface area (Å²) in [5.41, 5.74) is 7.92. The molecule has 0 saturated carbocycles. The molecule has 1 aliphatic rings. The molecule has 10 nitrogen and oxygen atoms in total. The second-order valence-corrected chi connectivity index (χ2v) is 11.8. The number of phenols is 1. The number of carbonyl (C=O) groups is 4. The molecule has 4 amide bonds. The minimum atomic E-state index is -1.05. The first-order valence-electron chi connectivity index (χ1n) is 14.2. The van der Waals surface area contributed by atoms with E-state index in [4.69, 9.17) is 5.73 Å². The zero-order chi connectivity index (χ0) is 31.0. The van der Waals surface area contributed by atoms with Crippen molar-refractivity contribution in [2.45, 2.75) is 76.4 Å². The van der Waals surface area contributed by atoms with Crippen LogP contribution in [0.1, 0.15) is 56.7 Å². The van der Waals surface area contributed by atoms with Crippen LogP contribution >= 0.6 is 0 Å². The van der Waals surface area contributed by atoms with Crippen LogP contribution < -0.4 is 21.7 Å². The van der Waals surface area contributed by atoms with E-state index in [1.54, 1.807) is 30.3 Å². The van der Waals surface area contributed by atoms with Crippen molar-refractivity contribution in [3.05, 3.63) is 65.0 Å². The van der Waals surface area contributed by atoms with Crippen molar-refractivity contribution in [2.75, 3.05) is 20.1 Å². The van der Waals surface area contributed by atoms with Gasteiger partial charge in [0.15, 0.2) is 0 Å². The van der Waals surface area contributed by atoms with E-state index in [0.717, 1.165) is 0 Å². The topological polar surface area (TPSA) is 154 Å². The molecule has 1 heterocycles. The number of nitrogens with zero attached hydrogens (tertiary/aromatic N) is 1. The monoisotopic (exact) mass is 583 g/mol. The van der Waals surface area contributed by atoms with Crippen molar-refractivity contribution in [3.63, 3.8) is 0 Å². The smallest absolute Gasteiger partial charge is 0.243 e. The third-order valence-electron chi connectivity index (χ3n) is 7.40. The zero-order valence-corrected chi connectivity index (χ0v) is 24.7. The summed E-state index contributed by atoms with van der Waals surface area (Å²) in [6, 6.07) is 7.78. The molecule has 11 heteroatoms. The number of phenolic OH excluding ortho intramolecular Hbond substituents is 1. The van der Waals surface area contributed by atoms with Crippen LogP contribution in [-0.2, 0) is 37.4 Å². The molecule has 3 rings (SSSR count). The summed E-state index contributed by atoms with van der Waals surface area (Å²) >= 11 is 0. The number of hydrogen-bond acceptors (Lipinski definition) is 6. The van der Waals surface area contributed by atoms with Gasteiger partial charge in [0.2, 0.25) is 23.6 Å². The van der Waals surface area contributed by atoms with E-state index < -0.39 is 41.7 Å². The van der Waals surface area contributed by atoms with Gasteiger partial charge in [0.1, 0.15) is 23.7 Å². The quantitative estimate of drug-likeness (QED) is 0.349. The SMILES string of the molecule is CN(C(=O)[C@@H](N)Cc1ccc(F)cc1)[C@H]1CCCCNC(=O)CNC(=O)[C@H](Cc2ccc(O)c(C(C)(C)C)c2)NC1=O. The molecule has 2 aromatic carbocycles. The van der Waals surface area contributed by atoms with Crippen LogP contribution in [0, 0.1) is 5.82 Å². The van der Waals surface area contributed by atoms with Gasteiger partial charge in [-0.1, -0.05) is 45.0 Å². The van der Waals surface area contributed by atoms with E-state index in [1.165, 1.54) is 24.1 Å². The van der Waals surface area contributed by atoms with E-state index >= 15 is 0 Å². The van der Waals surface area contributed by atoms with Crippen molar-refractivity contribution in [1.82, 2.24) is 20.9 Å². The average Bonchev–Trinajstić information content (AvgIpc) is 2.94. The van der Waals surface area contributed by atoms with Crippen LogP contribution in [0.25, 0.3) is 0 Å². The normalized spacial score (nSPS) is 19.7. The van der Waals surface area contributed by atoms with E-state index in [1.807, 2.05) is 20.8 Å². The molecule has 1 saturated heterocycles. The Morgan fingerprint density at radius 3 is 2.38 bits per heavy atom. The Balaban J connectivity index is 1.85. The predicted octanol–water partition coefficient (Wildman–Crippen LogP) is 1.67. The van der Waals surface area contributed by atoms with Crippen molar-refractivity contribution in [2.24, 2.45) is 5.73 Å². The molecule has 1 aliphatic heterocycles. The Hall–Kier alpha value is -3.99. The maximum absolute atomic E-state index is 13.7. The average molecular weight is 584 g/mol. The fraction of sp³-hybridized carbons (Fsp3) is 0.484. The third kappa shape index (κ3) is 9.01. The summed E-state index contributed by atoms with van der Waals surface area (Å²) in [5.74, 6) is -2.15. The second-order valence-electron chi connectivity index (χ2n) is 11.8. The zero-order valence-electron chi connectivity index (χ0n) is 24.7. The van der Waals surface area contributed by atoms with Gasteiger partial charge in [-0.15, -0.1) is 0 Å². The molecule has 0 spiro atoms. The minimum absolute atomic E-state index is 0.0943. The highest BCUT2D eigenvalue weighted by molar-refractivity contribution is 5.94. The number of aromatic hydroxyl groups is 1. The molecular formula is C31H42FN5O5. The van der Waals surface area contributed by atoms with Crippen LogP contribution in [0.3, 0.4) is 0 Å². The highest BCUT2D eigenvalue weighted by atomic mass is 19.1. The molecule has 0 aliphatic carbocycles. The fourth-order valence-electron chi connectivity index (χ4n) is 4.94. The van der Waals surface area contributed by atoms with Gasteiger partial charge in [0, 0.05) is 20.0 Å². The fourth-order valence-corrected chi connectivity index (χ4v) is 4.94. The summed E-state index contributed by atoms with van der Waals surface area (Å²) in [6.07, 6.45) is 1.64. The van der Waals surface area contributed by atoms with Crippen LogP contribution in [-0.4, -0.2) is 71.9 Å². The van der Waals surface area contributed by atoms with Gasteiger partial charge in [-0.2, -0.15) is 0 Å². The highest BCUT2D eigenvalue weighted by Crippen LogP contribution is 2.31. The number of nitrogens with one attached hydrogen (secondary N) is 3. The third-order valence-corrected chi connectivity index (χ3v) is 7.40. The Kier molecular flexibility index (Phi) is 11.0. The van der Waals surface area contributed by atoms with Gasteiger partial charge in [0.25, 0.3) is 0 Å². The van der Waals surface area contributed by atoms with E-state index in [9.17, 15) is 28.7 Å². The van der Waals surface area contributed by atoms with Gasteiger partial charge in [-0.05, 0) is 66.0 Å². The highest BCUT2D eigenvalue weighted by Gasteiger charge is 2.33. The van der Waals surface area contributed by atoms with E-state index in [-0.39, 0.29) is 42.9 Å². The lowest BCUT2D eigenvalue weighted by Gasteiger charge is -2.31. The number of likely N-dealkylation sites (N-methyl/N-ethyl adjacent to an activating group) is 1. The molecule has 0 unspecified atom stereocenters. The maximum atomic E-state index is 13.7. The van der Waals surface area contributed by atoms with Crippen molar-refractivity contribution < 1.29 is 28.7 Å². The van der Waals surface area contributed by atoms with E-state index in [2.05, 4.69) is 16.0 Å². The molecule has 0 bridgehead atoms. The van der Waals surface area contributed by atoms with Gasteiger partial charge < -0.3 is 31.7 Å². The standard InChI is InChI=1S/C31H42FN5O5/c1-31(2,3)22-15-20(10-13-26(22)38)17-24-28(40)35-18-27(39)34-14-6-5-7-25(29(41)36-24)37(4)30(42)23(33)16-19-8-11-21(32)12-9-19/h8-13,15,23-25,38H,5-7,14,16-18,33H2,1-4H3,(H,34,39)(H,35,40)(H,36,41)/t23-,24-,25-/m0/s1. The summed E-state index contributed by atoms with van der Waals surface area (Å²) in [7, 11) is 1.50. The van der Waals surface area contributed by atoms with Crippen LogP contribution in [0.4, 0.5) is 4.39 Å². The Bertz CT molecular complexity index is 1280. The molecule has 3 atom stereocenters. The predicted molar refractivity (Wildman–Crippen MR) is 157 cm³/mol. The number of hydrogen-bond donors (Lipinski definition) is 5. The van der Waals surface area contributed by atoms with Crippen LogP contribution in [0.2, 0.25) is 0 Å². The first-order chi connectivity index (χ1) is 19.8. The van der Waals surface area contributed by atoms with Gasteiger partial charge >= 0.3 is 0 Å². The summed E-state index contributed by atoms with van der Waals surface area (Å²) < 4.78 is 13.3. The minimum Gasteiger partial charge on any atom is -0.508 e. The number of benzene rings is 2. The van der Waals surface area contributed by atoms with Crippen LogP contribution in [0.15, 0.2) is 42.5 Å². The van der Waals surface area contributed by atoms with Crippen molar-refractivity contribution in [1.29, 1.82) is 0 Å². The lowest BCUT2D eigenvalue weighted by molar-refractivity contribution is -0.141. The molecule has 2 aromatic rings. The summed E-state index contributed by atoms with van der Waals surface area (Å²) in [5, 5.41) is 18.5. The Morgan fingerprint density at radius 1 is 1.05 bits per heavy atom. The van der Waals surface area contributed by atoms with Crippen LogP contribution in [0.5, 0.6) is 5.75 Å². The summed E-state index contributed by atoms with van der Waals surface area (Å²) in [4.78, 5) is 53.8. The lowest BCUT2D eigenvalue weighted by atomic mass is 9.84. The second kappa shape index (κ2) is 14.3. The molecule has 1 fully saturated rings. The molecule has 0 aromatic heterocycles. The largest absolute Gasteiger partial charge is 0.508 e. The van der Waals surface area contributed by atoms with Gasteiger partial charge in [-0.3, -0.25) is 19.2 Å². The summed E-state index contributed by atoms with van der Waals surface area (Å²) in [6.45, 7) is 5.98. The molecule has 228 valence electrons. The number of carbonyl (C=O) groups excluding carboxylic acids is 4. The first-order valence-corrected chi connectivity index (χ1v) is 14.2. The molecular weight excluding hydrogens is 541 g/mol. The van der Waals surface area contributed by atoms with Gasteiger partial charge in [0.05, 0.1) is 12.6 Å². The van der Waals surface area contributed by atoms with E-state index in [0.29, 0.717) is 36.1 Å². The Labute approximate surface area is 246 Å². The Morgan fingerprint density at radius 2 is 1.71 bits per heavy atom. The lowest BCUT2D eigenvalue weighted by Crippen LogP contribution is -2.57. The van der Waals surface area contributed by atoms with Crippen molar-refractivity contribution >= 4 is 23.6 Å². The number of rotatable bonds is 6. The first kappa shape index (κ1) is 32.5. The maximum Gasteiger partial charge on any atom is 0.243 e. The van der Waals surface area contributed by atoms with Crippen molar-refractivity contribution in [3.8, 4) is 5.75 Å².